The normalized spacial score (nSPS) is 10.2. The third-order valence-corrected chi connectivity index (χ3v) is 2.24. The lowest BCUT2D eigenvalue weighted by atomic mass is 10.1. The van der Waals surface area contributed by atoms with E-state index in [1.54, 1.807) is 26.2 Å². The second-order valence-corrected chi connectivity index (χ2v) is 3.57. The van der Waals surface area contributed by atoms with Crippen LogP contribution in [0.3, 0.4) is 0 Å². The molecule has 0 aliphatic rings. The van der Waals surface area contributed by atoms with Crippen LogP contribution in [0.2, 0.25) is 0 Å². The van der Waals surface area contributed by atoms with E-state index in [9.17, 15) is 9.18 Å². The molecule has 0 bridgehead atoms. The lowest BCUT2D eigenvalue weighted by Crippen LogP contribution is -2.25. The van der Waals surface area contributed by atoms with Crippen LogP contribution in [0.4, 0.5) is 4.39 Å². The van der Waals surface area contributed by atoms with Crippen molar-refractivity contribution in [1.29, 1.82) is 0 Å². The number of halogens is 1. The predicted octanol–water partition coefficient (Wildman–Crippen LogP) is 1.90. The van der Waals surface area contributed by atoms with Crippen molar-refractivity contribution >= 4 is 5.91 Å². The van der Waals surface area contributed by atoms with E-state index < -0.39 is 0 Å². The summed E-state index contributed by atoms with van der Waals surface area (Å²) in [5.74, 6) is -0.612. The van der Waals surface area contributed by atoms with Gasteiger partial charge in [0.15, 0.2) is 0 Å². The van der Waals surface area contributed by atoms with E-state index in [0.717, 1.165) is 6.42 Å². The molecule has 0 aliphatic heterocycles. The van der Waals surface area contributed by atoms with Crippen LogP contribution >= 0.6 is 0 Å². The molecule has 0 saturated carbocycles. The summed E-state index contributed by atoms with van der Waals surface area (Å²) >= 11 is 0. The van der Waals surface area contributed by atoms with Crippen molar-refractivity contribution in [2.45, 2.75) is 13.3 Å². The van der Waals surface area contributed by atoms with Gasteiger partial charge in [-0.1, -0.05) is 6.07 Å². The Bertz CT molecular complexity index is 366. The quantitative estimate of drug-likeness (QED) is 0.777. The fraction of sp³-hybridized carbons (Fsp3) is 0.417. The highest BCUT2D eigenvalue weighted by atomic mass is 19.1. The fourth-order valence-corrected chi connectivity index (χ4v) is 1.25. The van der Waals surface area contributed by atoms with E-state index in [0.29, 0.717) is 24.3 Å². The number of methoxy groups -OCH3 is 1. The number of benzene rings is 1. The van der Waals surface area contributed by atoms with Crippen molar-refractivity contribution in [1.82, 2.24) is 5.32 Å². The largest absolute Gasteiger partial charge is 0.385 e. The monoisotopic (exact) mass is 225 g/mol. The second-order valence-electron chi connectivity index (χ2n) is 3.57. The number of aryl methyl sites for hydroxylation is 1. The van der Waals surface area contributed by atoms with Crippen LogP contribution in [0.15, 0.2) is 18.2 Å². The van der Waals surface area contributed by atoms with Gasteiger partial charge in [0.25, 0.3) is 5.91 Å². The number of hydrogen-bond donors (Lipinski definition) is 1. The van der Waals surface area contributed by atoms with Crippen LogP contribution < -0.4 is 5.32 Å². The molecule has 0 aliphatic carbocycles. The van der Waals surface area contributed by atoms with Gasteiger partial charge in [-0.2, -0.15) is 0 Å². The number of hydrogen-bond acceptors (Lipinski definition) is 2. The van der Waals surface area contributed by atoms with Gasteiger partial charge in [-0.3, -0.25) is 4.79 Å². The van der Waals surface area contributed by atoms with Gasteiger partial charge in [0.1, 0.15) is 5.82 Å². The highest BCUT2D eigenvalue weighted by Crippen LogP contribution is 2.08. The second kappa shape index (κ2) is 6.23. The van der Waals surface area contributed by atoms with Crippen molar-refractivity contribution < 1.29 is 13.9 Å². The minimum absolute atomic E-state index is 0.255. The van der Waals surface area contributed by atoms with Crippen LogP contribution in [0, 0.1) is 12.7 Å². The molecule has 0 saturated heterocycles. The summed E-state index contributed by atoms with van der Waals surface area (Å²) in [6.45, 7) is 2.79. The summed E-state index contributed by atoms with van der Waals surface area (Å²) in [7, 11) is 1.61. The molecule has 0 fully saturated rings. The zero-order valence-electron chi connectivity index (χ0n) is 9.55. The molecule has 1 aromatic carbocycles. The molecule has 1 aromatic rings. The highest BCUT2D eigenvalue weighted by Gasteiger charge is 2.06. The van der Waals surface area contributed by atoms with Crippen molar-refractivity contribution in [3.05, 3.63) is 35.1 Å². The van der Waals surface area contributed by atoms with Crippen LogP contribution in [0.1, 0.15) is 22.3 Å². The molecule has 1 N–H and O–H groups in total. The number of carbonyl (C=O) groups is 1. The van der Waals surface area contributed by atoms with Gasteiger partial charge in [0, 0.05) is 25.8 Å². The van der Waals surface area contributed by atoms with Gasteiger partial charge in [-0.05, 0) is 31.0 Å². The molecule has 0 unspecified atom stereocenters. The SMILES string of the molecule is COCCCNC(=O)c1ccc(C)c(F)c1. The van der Waals surface area contributed by atoms with E-state index in [4.69, 9.17) is 4.74 Å². The molecule has 4 heteroatoms. The molecule has 3 nitrogen and oxygen atoms in total. The summed E-state index contributed by atoms with van der Waals surface area (Å²) in [5, 5.41) is 2.69. The van der Waals surface area contributed by atoms with Gasteiger partial charge >= 0.3 is 0 Å². The Labute approximate surface area is 94.6 Å². The van der Waals surface area contributed by atoms with E-state index in [-0.39, 0.29) is 11.7 Å². The maximum Gasteiger partial charge on any atom is 0.251 e. The Hall–Kier alpha value is -1.42. The average molecular weight is 225 g/mol. The Kier molecular flexibility index (Phi) is 4.92. The third kappa shape index (κ3) is 3.62. The van der Waals surface area contributed by atoms with Gasteiger partial charge in [-0.25, -0.2) is 4.39 Å². The van der Waals surface area contributed by atoms with E-state index in [1.807, 2.05) is 0 Å². The molecule has 0 atom stereocenters. The van der Waals surface area contributed by atoms with E-state index >= 15 is 0 Å². The molecule has 16 heavy (non-hydrogen) atoms. The average Bonchev–Trinajstić information content (AvgIpc) is 2.28. The summed E-state index contributed by atoms with van der Waals surface area (Å²) in [6, 6.07) is 4.46. The third-order valence-electron chi connectivity index (χ3n) is 2.24. The number of ether oxygens (including phenoxy) is 1. The Morgan fingerprint density at radius 1 is 1.50 bits per heavy atom. The van der Waals surface area contributed by atoms with Crippen LogP contribution in [-0.4, -0.2) is 26.2 Å². The van der Waals surface area contributed by atoms with Crippen molar-refractivity contribution in [3.8, 4) is 0 Å². The Morgan fingerprint density at radius 2 is 2.25 bits per heavy atom. The minimum Gasteiger partial charge on any atom is -0.385 e. The van der Waals surface area contributed by atoms with Gasteiger partial charge in [-0.15, -0.1) is 0 Å². The van der Waals surface area contributed by atoms with Crippen LogP contribution in [0.5, 0.6) is 0 Å². The van der Waals surface area contributed by atoms with E-state index in [2.05, 4.69) is 5.32 Å². The molecule has 0 radical (unpaired) electrons. The molecule has 0 aromatic heterocycles. The van der Waals surface area contributed by atoms with Gasteiger partial charge in [0.2, 0.25) is 0 Å². The lowest BCUT2D eigenvalue weighted by molar-refractivity contribution is 0.0948. The zero-order chi connectivity index (χ0) is 12.0. The fourth-order valence-electron chi connectivity index (χ4n) is 1.25. The molecule has 0 spiro atoms. The van der Waals surface area contributed by atoms with Gasteiger partial charge < -0.3 is 10.1 Å². The molecular weight excluding hydrogens is 209 g/mol. The van der Waals surface area contributed by atoms with Gasteiger partial charge in [0.05, 0.1) is 0 Å². The van der Waals surface area contributed by atoms with Crippen molar-refractivity contribution in [3.63, 3.8) is 0 Å². The van der Waals surface area contributed by atoms with Crippen molar-refractivity contribution in [2.75, 3.05) is 20.3 Å². The topological polar surface area (TPSA) is 38.3 Å². The van der Waals surface area contributed by atoms with Crippen molar-refractivity contribution in [2.24, 2.45) is 0 Å². The highest BCUT2D eigenvalue weighted by molar-refractivity contribution is 5.94. The number of carbonyl (C=O) groups excluding carboxylic acids is 1. The molecule has 88 valence electrons. The molecule has 1 rings (SSSR count). The molecule has 1 amide bonds. The molecule has 0 heterocycles. The number of nitrogens with one attached hydrogen (secondary N) is 1. The summed E-state index contributed by atoms with van der Waals surface area (Å²) in [4.78, 5) is 11.6. The summed E-state index contributed by atoms with van der Waals surface area (Å²) in [6.07, 6.45) is 0.747. The molecular formula is C12H16FNO2. The first-order chi connectivity index (χ1) is 7.65. The van der Waals surface area contributed by atoms with E-state index in [1.165, 1.54) is 6.07 Å². The van der Waals surface area contributed by atoms with Crippen LogP contribution in [0.25, 0.3) is 0 Å². The zero-order valence-corrected chi connectivity index (χ0v) is 9.55. The Morgan fingerprint density at radius 3 is 2.88 bits per heavy atom. The standard InChI is InChI=1S/C12H16FNO2/c1-9-4-5-10(8-11(9)13)12(15)14-6-3-7-16-2/h4-5,8H,3,6-7H2,1-2H3,(H,14,15). The number of amides is 1. The Balaban J connectivity index is 2.50. The minimum atomic E-state index is -0.357. The van der Waals surface area contributed by atoms with Crippen LogP contribution in [-0.2, 0) is 4.74 Å². The smallest absolute Gasteiger partial charge is 0.251 e. The predicted molar refractivity (Wildman–Crippen MR) is 60.0 cm³/mol. The summed E-state index contributed by atoms with van der Waals surface area (Å²) in [5.41, 5.74) is 0.886. The number of rotatable bonds is 5. The first kappa shape index (κ1) is 12.6. The summed E-state index contributed by atoms with van der Waals surface area (Å²) < 4.78 is 18.0. The maximum absolute atomic E-state index is 13.2. The first-order valence-corrected chi connectivity index (χ1v) is 5.18. The lowest BCUT2D eigenvalue weighted by Gasteiger charge is -2.05. The maximum atomic E-state index is 13.2. The first-order valence-electron chi connectivity index (χ1n) is 5.18.